The summed E-state index contributed by atoms with van der Waals surface area (Å²) < 4.78 is 0. The molecule has 3 heteroatoms. The average molecular weight is 367 g/mol. The van der Waals surface area contributed by atoms with E-state index in [0.717, 1.165) is 50.2 Å². The van der Waals surface area contributed by atoms with Crippen molar-refractivity contribution in [2.75, 3.05) is 13.1 Å². The van der Waals surface area contributed by atoms with Gasteiger partial charge in [-0.25, -0.2) is 0 Å². The van der Waals surface area contributed by atoms with E-state index < -0.39 is 0 Å². The van der Waals surface area contributed by atoms with E-state index in [1.807, 2.05) is 0 Å². The number of carbonyl (C=O) groups is 1. The van der Waals surface area contributed by atoms with Crippen LogP contribution >= 0.6 is 0 Å². The number of benzene rings is 1. The van der Waals surface area contributed by atoms with Crippen LogP contribution in [0.25, 0.3) is 0 Å². The molecule has 1 N–H and O–H groups in total. The van der Waals surface area contributed by atoms with Crippen LogP contribution in [-0.2, 0) is 17.8 Å². The molecule has 1 aromatic carbocycles. The van der Waals surface area contributed by atoms with E-state index in [2.05, 4.69) is 41.4 Å². The molecule has 0 radical (unpaired) electrons. The third-order valence-corrected chi connectivity index (χ3v) is 8.17. The minimum Gasteiger partial charge on any atom is -0.354 e. The van der Waals surface area contributed by atoms with E-state index in [9.17, 15) is 4.79 Å². The maximum absolute atomic E-state index is 13.3. The fourth-order valence-corrected chi connectivity index (χ4v) is 7.15. The van der Waals surface area contributed by atoms with Gasteiger partial charge in [-0.05, 0) is 80.2 Å². The number of nitrogens with zero attached hydrogens (tertiary/aromatic N) is 1. The molecule has 0 aromatic heterocycles. The summed E-state index contributed by atoms with van der Waals surface area (Å²) in [6.07, 6.45) is 9.93. The first-order valence-corrected chi connectivity index (χ1v) is 11.2. The molecule has 3 nitrogen and oxygen atoms in total. The van der Waals surface area contributed by atoms with Crippen LogP contribution in [0.2, 0.25) is 0 Å². The van der Waals surface area contributed by atoms with Gasteiger partial charge >= 0.3 is 0 Å². The van der Waals surface area contributed by atoms with Gasteiger partial charge in [0.2, 0.25) is 5.91 Å². The number of fused-ring (bicyclic) bond motifs is 1. The van der Waals surface area contributed by atoms with Crippen LogP contribution < -0.4 is 5.32 Å². The average Bonchev–Trinajstić information content (AvgIpc) is 2.67. The Morgan fingerprint density at radius 1 is 1.11 bits per heavy atom. The molecule has 4 saturated carbocycles. The largest absolute Gasteiger partial charge is 0.354 e. The van der Waals surface area contributed by atoms with Crippen molar-refractivity contribution in [3.63, 3.8) is 0 Å². The molecule has 5 aliphatic rings. The molecule has 4 fully saturated rings. The lowest BCUT2D eigenvalue weighted by atomic mass is 9.49. The highest BCUT2D eigenvalue weighted by Crippen LogP contribution is 2.60. The van der Waals surface area contributed by atoms with Gasteiger partial charge in [0.05, 0.1) is 0 Å². The number of nitrogens with one attached hydrogen (secondary N) is 1. The van der Waals surface area contributed by atoms with E-state index in [1.54, 1.807) is 0 Å². The fraction of sp³-hybridized carbons (Fsp3) is 0.708. The topological polar surface area (TPSA) is 32.3 Å². The standard InChI is InChI=1S/C24H34N2O/c1-2-22(26-8-7-20-5-3-4-6-21(20)16-26)15-25-23(27)24-12-17-9-18(13-24)11-19(10-17)14-24/h3-6,17-19,22H,2,7-16H2,1H3,(H,25,27). The van der Waals surface area contributed by atoms with E-state index in [1.165, 1.54) is 49.7 Å². The molecule has 1 aliphatic heterocycles. The van der Waals surface area contributed by atoms with Crippen molar-refractivity contribution in [3.8, 4) is 0 Å². The normalized spacial score (nSPS) is 35.7. The predicted molar refractivity (Wildman–Crippen MR) is 108 cm³/mol. The Hall–Kier alpha value is -1.35. The second kappa shape index (κ2) is 6.92. The van der Waals surface area contributed by atoms with Crippen LogP contribution in [0.15, 0.2) is 24.3 Å². The smallest absolute Gasteiger partial charge is 0.226 e. The minimum absolute atomic E-state index is 0.0124. The maximum Gasteiger partial charge on any atom is 0.226 e. The van der Waals surface area contributed by atoms with Crippen LogP contribution in [0.3, 0.4) is 0 Å². The third-order valence-electron chi connectivity index (χ3n) is 8.17. The summed E-state index contributed by atoms with van der Waals surface area (Å²) in [4.78, 5) is 15.9. The molecule has 1 amide bonds. The molecule has 1 unspecified atom stereocenters. The monoisotopic (exact) mass is 366 g/mol. The van der Waals surface area contributed by atoms with Gasteiger partial charge in [0.25, 0.3) is 0 Å². The predicted octanol–water partition coefficient (Wildman–Crippen LogP) is 4.16. The lowest BCUT2D eigenvalue weighted by molar-refractivity contribution is -0.146. The lowest BCUT2D eigenvalue weighted by Crippen LogP contribution is -2.55. The van der Waals surface area contributed by atoms with Gasteiger partial charge in [-0.3, -0.25) is 9.69 Å². The highest BCUT2D eigenvalue weighted by molar-refractivity contribution is 5.83. The van der Waals surface area contributed by atoms with E-state index in [4.69, 9.17) is 0 Å². The molecule has 1 atom stereocenters. The molecule has 6 rings (SSSR count). The zero-order valence-electron chi connectivity index (χ0n) is 16.8. The molecular formula is C24H34N2O. The second-order valence-corrected chi connectivity index (χ2v) is 9.96. The van der Waals surface area contributed by atoms with Crippen molar-refractivity contribution in [3.05, 3.63) is 35.4 Å². The van der Waals surface area contributed by atoms with Crippen molar-refractivity contribution in [2.24, 2.45) is 23.2 Å². The zero-order valence-corrected chi connectivity index (χ0v) is 16.8. The Kier molecular flexibility index (Phi) is 4.54. The van der Waals surface area contributed by atoms with Gasteiger partial charge in [-0.1, -0.05) is 31.2 Å². The highest BCUT2D eigenvalue weighted by Gasteiger charge is 2.54. The molecule has 1 heterocycles. The van der Waals surface area contributed by atoms with Crippen LogP contribution in [0.5, 0.6) is 0 Å². The van der Waals surface area contributed by atoms with Crippen molar-refractivity contribution in [2.45, 2.75) is 70.9 Å². The highest BCUT2D eigenvalue weighted by atomic mass is 16.2. The summed E-state index contributed by atoms with van der Waals surface area (Å²) in [6, 6.07) is 9.29. The van der Waals surface area contributed by atoms with Gasteiger partial charge < -0.3 is 5.32 Å². The summed E-state index contributed by atoms with van der Waals surface area (Å²) in [6.45, 7) is 5.23. The first-order valence-electron chi connectivity index (χ1n) is 11.2. The molecule has 0 saturated heterocycles. The van der Waals surface area contributed by atoms with Gasteiger partial charge in [-0.2, -0.15) is 0 Å². The van der Waals surface area contributed by atoms with E-state index in [0.29, 0.717) is 11.9 Å². The molecule has 0 spiro atoms. The summed E-state index contributed by atoms with van der Waals surface area (Å²) in [5.41, 5.74) is 2.96. The van der Waals surface area contributed by atoms with E-state index in [-0.39, 0.29) is 5.41 Å². The SMILES string of the molecule is CCC(CNC(=O)C12CC3CC(CC(C3)C1)C2)N1CCc2ccccc2C1. The number of amides is 1. The van der Waals surface area contributed by atoms with Crippen LogP contribution in [0.1, 0.15) is 63.0 Å². The fourth-order valence-electron chi connectivity index (χ4n) is 7.15. The van der Waals surface area contributed by atoms with Gasteiger partial charge in [0.1, 0.15) is 0 Å². The lowest BCUT2D eigenvalue weighted by Gasteiger charge is -2.55. The number of hydrogen-bond donors (Lipinski definition) is 1. The summed E-state index contributed by atoms with van der Waals surface area (Å²) in [5, 5.41) is 3.43. The summed E-state index contributed by atoms with van der Waals surface area (Å²) in [5.74, 6) is 2.89. The molecule has 4 aliphatic carbocycles. The summed E-state index contributed by atoms with van der Waals surface area (Å²) >= 11 is 0. The van der Waals surface area contributed by atoms with Crippen molar-refractivity contribution >= 4 is 5.91 Å². The number of hydrogen-bond acceptors (Lipinski definition) is 2. The molecule has 1 aromatic rings. The Bertz CT molecular complexity index is 677. The van der Waals surface area contributed by atoms with Gasteiger partial charge in [0.15, 0.2) is 0 Å². The molecule has 4 bridgehead atoms. The Labute approximate surface area is 163 Å². The first-order chi connectivity index (χ1) is 13.1. The summed E-state index contributed by atoms with van der Waals surface area (Å²) in [7, 11) is 0. The molecule has 27 heavy (non-hydrogen) atoms. The molecular weight excluding hydrogens is 332 g/mol. The van der Waals surface area contributed by atoms with Crippen LogP contribution in [-0.4, -0.2) is 29.9 Å². The third kappa shape index (κ3) is 3.22. The van der Waals surface area contributed by atoms with E-state index >= 15 is 0 Å². The minimum atomic E-state index is -0.0124. The second-order valence-electron chi connectivity index (χ2n) is 9.96. The van der Waals surface area contributed by atoms with Crippen LogP contribution in [0.4, 0.5) is 0 Å². The number of rotatable bonds is 5. The van der Waals surface area contributed by atoms with Gasteiger partial charge in [-0.15, -0.1) is 0 Å². The number of carbonyl (C=O) groups excluding carboxylic acids is 1. The maximum atomic E-state index is 13.3. The van der Waals surface area contributed by atoms with Crippen molar-refractivity contribution in [1.29, 1.82) is 0 Å². The Morgan fingerprint density at radius 2 is 1.74 bits per heavy atom. The Morgan fingerprint density at radius 3 is 2.37 bits per heavy atom. The zero-order chi connectivity index (χ0) is 18.4. The quantitative estimate of drug-likeness (QED) is 0.849. The van der Waals surface area contributed by atoms with Crippen LogP contribution in [0, 0.1) is 23.2 Å². The van der Waals surface area contributed by atoms with Crippen molar-refractivity contribution in [1.82, 2.24) is 10.2 Å². The van der Waals surface area contributed by atoms with Gasteiger partial charge in [0, 0.05) is 31.1 Å². The first kappa shape index (κ1) is 17.7. The molecule has 146 valence electrons. The van der Waals surface area contributed by atoms with Crippen molar-refractivity contribution < 1.29 is 4.79 Å². The Balaban J connectivity index is 1.22.